The van der Waals surface area contributed by atoms with Crippen molar-refractivity contribution in [3.05, 3.63) is 132 Å². The highest BCUT2D eigenvalue weighted by Crippen LogP contribution is 2.48. The molecule has 0 fully saturated rings. The largest absolute Gasteiger partial charge is 0.310 e. The maximum absolute atomic E-state index is 2.53. The molecule has 44 heavy (non-hydrogen) atoms. The molecule has 0 spiro atoms. The van der Waals surface area contributed by atoms with Crippen molar-refractivity contribution in [1.29, 1.82) is 0 Å². The van der Waals surface area contributed by atoms with Crippen molar-refractivity contribution in [1.82, 2.24) is 4.40 Å². The molecule has 0 aliphatic carbocycles. The van der Waals surface area contributed by atoms with Gasteiger partial charge in [0.25, 0.3) is 0 Å². The summed E-state index contributed by atoms with van der Waals surface area (Å²) < 4.78 is 2.46. The lowest BCUT2D eigenvalue weighted by Crippen LogP contribution is -2.20. The minimum Gasteiger partial charge on any atom is -0.310 e. The summed E-state index contributed by atoms with van der Waals surface area (Å²) in [4.78, 5) is 2.53. The van der Waals surface area contributed by atoms with Crippen molar-refractivity contribution in [3.8, 4) is 0 Å². The number of hydrogen-bond donors (Lipinski definition) is 0. The van der Waals surface area contributed by atoms with Crippen molar-refractivity contribution in [2.75, 3.05) is 4.90 Å². The number of rotatable bonds is 3. The van der Waals surface area contributed by atoms with Crippen LogP contribution in [0.1, 0.15) is 52.7 Å². The smallest absolute Gasteiger partial charge is 0.0622 e. The van der Waals surface area contributed by atoms with Gasteiger partial charge in [-0.3, -0.25) is 0 Å². The first-order chi connectivity index (χ1) is 21.1. The monoisotopic (exact) mass is 570 g/mol. The normalized spacial score (nSPS) is 12.8. The Morgan fingerprint density at radius 1 is 0.477 bits per heavy atom. The van der Waals surface area contributed by atoms with Gasteiger partial charge < -0.3 is 9.30 Å². The Morgan fingerprint density at radius 2 is 1.02 bits per heavy atom. The molecule has 0 N–H and O–H groups in total. The minimum atomic E-state index is -0.0630. The van der Waals surface area contributed by atoms with E-state index in [1.54, 1.807) is 0 Å². The van der Waals surface area contributed by atoms with Gasteiger partial charge in [0, 0.05) is 38.3 Å². The number of nitrogens with zero attached hydrogens (tertiary/aromatic N) is 2. The second-order valence-corrected chi connectivity index (χ2v) is 14.3. The fourth-order valence-electron chi connectivity index (χ4n) is 7.18. The van der Waals surface area contributed by atoms with Crippen LogP contribution in [0.15, 0.2) is 121 Å². The first-order valence-electron chi connectivity index (χ1n) is 15.7. The number of benzene rings is 6. The topological polar surface area (TPSA) is 7.65 Å². The van der Waals surface area contributed by atoms with Crippen LogP contribution < -0.4 is 4.90 Å². The van der Waals surface area contributed by atoms with Gasteiger partial charge >= 0.3 is 0 Å². The third-order valence-corrected chi connectivity index (χ3v) is 9.37. The van der Waals surface area contributed by atoms with Crippen molar-refractivity contribution in [3.63, 3.8) is 0 Å². The zero-order chi connectivity index (χ0) is 30.4. The Labute approximate surface area is 259 Å². The van der Waals surface area contributed by atoms with Gasteiger partial charge in [0.05, 0.1) is 22.2 Å². The molecule has 0 bridgehead atoms. The summed E-state index contributed by atoms with van der Waals surface area (Å²) in [7, 11) is 0. The SMILES string of the molecule is CC(C)(C)c1ccc(N(c2cc3c4ccccc4n4c5ccccc5c(c2)c34)c2c(C(C)(C)C)ccc3ccccc23)cc1. The first kappa shape index (κ1) is 26.8. The molecule has 0 atom stereocenters. The quantitative estimate of drug-likeness (QED) is 0.205. The molecule has 2 heterocycles. The summed E-state index contributed by atoms with van der Waals surface area (Å²) in [5.74, 6) is 0. The van der Waals surface area contributed by atoms with Gasteiger partial charge in [0.2, 0.25) is 0 Å². The van der Waals surface area contributed by atoms with E-state index in [1.165, 1.54) is 77.1 Å². The number of aromatic nitrogens is 1. The summed E-state index contributed by atoms with van der Waals surface area (Å²) in [6, 6.07) is 45.3. The van der Waals surface area contributed by atoms with Crippen molar-refractivity contribution >= 4 is 65.9 Å². The molecule has 2 aromatic heterocycles. The summed E-state index contributed by atoms with van der Waals surface area (Å²) in [6.07, 6.45) is 0. The maximum Gasteiger partial charge on any atom is 0.0622 e. The highest BCUT2D eigenvalue weighted by Gasteiger charge is 2.28. The van der Waals surface area contributed by atoms with Gasteiger partial charge in [-0.05, 0) is 63.7 Å². The minimum absolute atomic E-state index is 0.0630. The van der Waals surface area contributed by atoms with Crippen LogP contribution in [0, 0.1) is 0 Å². The van der Waals surface area contributed by atoms with Gasteiger partial charge in [-0.1, -0.05) is 126 Å². The van der Waals surface area contributed by atoms with Crippen LogP contribution >= 0.6 is 0 Å². The van der Waals surface area contributed by atoms with Crippen molar-refractivity contribution < 1.29 is 0 Å². The molecule has 0 aliphatic rings. The Bertz CT molecular complexity index is 2260. The van der Waals surface area contributed by atoms with E-state index in [4.69, 9.17) is 0 Å². The molecule has 0 aliphatic heterocycles. The molecule has 0 unspecified atom stereocenters. The third kappa shape index (κ3) is 3.94. The Kier molecular flexibility index (Phi) is 5.68. The molecule has 8 aromatic rings. The van der Waals surface area contributed by atoms with Crippen LogP contribution in [0.5, 0.6) is 0 Å². The van der Waals surface area contributed by atoms with E-state index in [1.807, 2.05) is 0 Å². The maximum atomic E-state index is 2.53. The Hall–Kier alpha value is -4.82. The Balaban J connectivity index is 1.53. The fourth-order valence-corrected chi connectivity index (χ4v) is 7.18. The second kappa shape index (κ2) is 9.34. The van der Waals surface area contributed by atoms with Gasteiger partial charge in [-0.2, -0.15) is 0 Å². The highest BCUT2D eigenvalue weighted by atomic mass is 15.1. The van der Waals surface area contributed by atoms with Crippen molar-refractivity contribution in [2.45, 2.75) is 52.4 Å². The van der Waals surface area contributed by atoms with Crippen LogP contribution in [-0.4, -0.2) is 4.40 Å². The number of para-hydroxylation sites is 2. The average Bonchev–Trinajstić information content (AvgIpc) is 3.52. The Morgan fingerprint density at radius 3 is 1.59 bits per heavy atom. The molecule has 8 rings (SSSR count). The van der Waals surface area contributed by atoms with Crippen LogP contribution in [0.2, 0.25) is 0 Å². The number of hydrogen-bond acceptors (Lipinski definition) is 1. The molecule has 0 saturated heterocycles. The standard InChI is InChI=1S/C42H38N2/c1-41(2,3)28-20-22-29(23-21-28)43(40-31-14-8-7-13-27(31)19-24-36(40)42(4,5)6)30-25-34-32-15-9-11-17-37(32)44-38-18-12-10-16-33(38)35(26-30)39(34)44/h7-26H,1-6H3. The molecule has 0 saturated carbocycles. The highest BCUT2D eigenvalue weighted by molar-refractivity contribution is 6.24. The molecular weight excluding hydrogens is 532 g/mol. The van der Waals surface area contributed by atoms with E-state index in [2.05, 4.69) is 172 Å². The number of anilines is 3. The average molecular weight is 571 g/mol. The van der Waals surface area contributed by atoms with E-state index in [0.29, 0.717) is 0 Å². The lowest BCUT2D eigenvalue weighted by atomic mass is 9.83. The zero-order valence-electron chi connectivity index (χ0n) is 26.4. The summed E-state index contributed by atoms with van der Waals surface area (Å²) in [5, 5.41) is 7.67. The summed E-state index contributed by atoms with van der Waals surface area (Å²) in [6.45, 7) is 13.8. The zero-order valence-corrected chi connectivity index (χ0v) is 26.4. The van der Waals surface area contributed by atoms with Crippen LogP contribution in [-0.2, 0) is 10.8 Å². The molecular formula is C42H38N2. The molecule has 0 radical (unpaired) electrons. The first-order valence-corrected chi connectivity index (χ1v) is 15.7. The molecule has 2 nitrogen and oxygen atoms in total. The van der Waals surface area contributed by atoms with E-state index in [-0.39, 0.29) is 10.8 Å². The molecule has 216 valence electrons. The lowest BCUT2D eigenvalue weighted by Gasteiger charge is -2.34. The predicted octanol–water partition coefficient (Wildman–Crippen LogP) is 12.1. The summed E-state index contributed by atoms with van der Waals surface area (Å²) >= 11 is 0. The molecule has 2 heteroatoms. The van der Waals surface area contributed by atoms with Crippen LogP contribution in [0.4, 0.5) is 17.1 Å². The third-order valence-electron chi connectivity index (χ3n) is 9.37. The van der Waals surface area contributed by atoms with E-state index in [0.717, 1.165) is 0 Å². The molecule has 0 amide bonds. The van der Waals surface area contributed by atoms with E-state index in [9.17, 15) is 0 Å². The van der Waals surface area contributed by atoms with Crippen molar-refractivity contribution in [2.24, 2.45) is 0 Å². The van der Waals surface area contributed by atoms with E-state index >= 15 is 0 Å². The van der Waals surface area contributed by atoms with Gasteiger partial charge in [0.1, 0.15) is 0 Å². The van der Waals surface area contributed by atoms with Crippen LogP contribution in [0.3, 0.4) is 0 Å². The molecule has 6 aromatic carbocycles. The van der Waals surface area contributed by atoms with E-state index < -0.39 is 0 Å². The van der Waals surface area contributed by atoms with Gasteiger partial charge in [-0.25, -0.2) is 0 Å². The van der Waals surface area contributed by atoms with Gasteiger partial charge in [-0.15, -0.1) is 0 Å². The van der Waals surface area contributed by atoms with Crippen LogP contribution in [0.25, 0.3) is 48.9 Å². The second-order valence-electron chi connectivity index (χ2n) is 14.3. The van der Waals surface area contributed by atoms with Gasteiger partial charge in [0.15, 0.2) is 0 Å². The lowest BCUT2D eigenvalue weighted by molar-refractivity contribution is 0.590. The summed E-state index contributed by atoms with van der Waals surface area (Å²) in [5.41, 5.74) is 10.1. The number of fused-ring (bicyclic) bond motifs is 7. The predicted molar refractivity (Wildman–Crippen MR) is 191 cm³/mol. The fraction of sp³-hybridized carbons (Fsp3) is 0.190.